The molecular formula is C17H20N4S. The fourth-order valence-electron chi connectivity index (χ4n) is 3.31. The van der Waals surface area contributed by atoms with E-state index in [1.54, 1.807) is 11.3 Å². The molecule has 1 fully saturated rings. The summed E-state index contributed by atoms with van der Waals surface area (Å²) < 4.78 is 0. The van der Waals surface area contributed by atoms with E-state index in [0.29, 0.717) is 6.04 Å². The maximum atomic E-state index is 4.82. The number of likely N-dealkylation sites (tertiary alicyclic amines) is 1. The average molecular weight is 312 g/mol. The van der Waals surface area contributed by atoms with Crippen LogP contribution in [0.3, 0.4) is 0 Å². The van der Waals surface area contributed by atoms with Crippen LogP contribution in [-0.2, 0) is 6.54 Å². The standard InChI is InChI=1S/C17H20N4S/c1-11-5-6-14-15(8-11)20-17(19-14)16-4-3-7-21(16)9-13-10-22-12(2)18-13/h5-6,8,10,16H,3-4,7,9H2,1-2H3,(H,19,20). The maximum Gasteiger partial charge on any atom is 0.124 e. The summed E-state index contributed by atoms with van der Waals surface area (Å²) >= 11 is 1.73. The summed E-state index contributed by atoms with van der Waals surface area (Å²) in [7, 11) is 0. The molecule has 0 aliphatic carbocycles. The first kappa shape index (κ1) is 13.9. The van der Waals surface area contributed by atoms with Gasteiger partial charge in [0.1, 0.15) is 5.82 Å². The van der Waals surface area contributed by atoms with Gasteiger partial charge in [-0.1, -0.05) is 6.07 Å². The Labute approximate surface area is 134 Å². The third kappa shape index (κ3) is 2.55. The van der Waals surface area contributed by atoms with Gasteiger partial charge in [0.15, 0.2) is 0 Å². The molecule has 1 aromatic carbocycles. The van der Waals surface area contributed by atoms with Crippen LogP contribution in [0.15, 0.2) is 23.6 Å². The number of thiazole rings is 1. The number of hydrogen-bond acceptors (Lipinski definition) is 4. The number of H-pyrrole nitrogens is 1. The van der Waals surface area contributed by atoms with E-state index in [4.69, 9.17) is 4.98 Å². The second kappa shape index (κ2) is 5.48. The number of aryl methyl sites for hydroxylation is 2. The minimum absolute atomic E-state index is 0.384. The molecule has 0 bridgehead atoms. The van der Waals surface area contributed by atoms with E-state index in [1.807, 2.05) is 0 Å². The van der Waals surface area contributed by atoms with Crippen molar-refractivity contribution in [2.75, 3.05) is 6.54 Å². The van der Waals surface area contributed by atoms with Gasteiger partial charge >= 0.3 is 0 Å². The van der Waals surface area contributed by atoms with Crippen molar-refractivity contribution in [3.8, 4) is 0 Å². The average Bonchev–Trinajstić information content (AvgIpc) is 3.18. The number of aromatic nitrogens is 3. The Kier molecular flexibility index (Phi) is 3.47. The lowest BCUT2D eigenvalue weighted by atomic mass is 10.2. The highest BCUT2D eigenvalue weighted by Crippen LogP contribution is 2.32. The van der Waals surface area contributed by atoms with Gasteiger partial charge in [-0.2, -0.15) is 0 Å². The number of aromatic amines is 1. The Balaban J connectivity index is 1.61. The van der Waals surface area contributed by atoms with Crippen LogP contribution in [-0.4, -0.2) is 26.4 Å². The molecule has 1 aliphatic heterocycles. The van der Waals surface area contributed by atoms with Crippen molar-refractivity contribution < 1.29 is 0 Å². The Morgan fingerprint density at radius 3 is 3.05 bits per heavy atom. The van der Waals surface area contributed by atoms with Crippen molar-refractivity contribution in [1.29, 1.82) is 0 Å². The van der Waals surface area contributed by atoms with E-state index < -0.39 is 0 Å². The van der Waals surface area contributed by atoms with Gasteiger partial charge in [-0.3, -0.25) is 4.90 Å². The van der Waals surface area contributed by atoms with Crippen LogP contribution in [0.1, 0.15) is 41.0 Å². The number of hydrogen-bond donors (Lipinski definition) is 1. The van der Waals surface area contributed by atoms with Gasteiger partial charge in [0.2, 0.25) is 0 Å². The van der Waals surface area contributed by atoms with E-state index in [9.17, 15) is 0 Å². The Hall–Kier alpha value is -1.72. The molecule has 114 valence electrons. The minimum atomic E-state index is 0.384. The Bertz CT molecular complexity index is 804. The lowest BCUT2D eigenvalue weighted by molar-refractivity contribution is 0.238. The minimum Gasteiger partial charge on any atom is -0.341 e. The predicted molar refractivity (Wildman–Crippen MR) is 90.1 cm³/mol. The first-order chi connectivity index (χ1) is 10.7. The molecule has 3 aromatic rings. The molecule has 1 aliphatic rings. The molecule has 4 rings (SSSR count). The van der Waals surface area contributed by atoms with Crippen LogP contribution in [0.25, 0.3) is 11.0 Å². The van der Waals surface area contributed by atoms with Crippen molar-refractivity contribution in [3.63, 3.8) is 0 Å². The third-order valence-corrected chi connectivity index (χ3v) is 5.19. The zero-order valence-corrected chi connectivity index (χ0v) is 13.8. The summed E-state index contributed by atoms with van der Waals surface area (Å²) in [6, 6.07) is 6.79. The van der Waals surface area contributed by atoms with Gasteiger partial charge in [0.25, 0.3) is 0 Å². The third-order valence-electron chi connectivity index (χ3n) is 4.37. The zero-order valence-electron chi connectivity index (χ0n) is 13.0. The van der Waals surface area contributed by atoms with E-state index in [-0.39, 0.29) is 0 Å². The molecule has 0 saturated carbocycles. The maximum absolute atomic E-state index is 4.82. The van der Waals surface area contributed by atoms with Gasteiger partial charge in [0.05, 0.1) is 27.8 Å². The number of rotatable bonds is 3. The van der Waals surface area contributed by atoms with Crippen molar-refractivity contribution in [1.82, 2.24) is 19.9 Å². The molecule has 0 radical (unpaired) electrons. The summed E-state index contributed by atoms with van der Waals surface area (Å²) in [6.07, 6.45) is 2.39. The summed E-state index contributed by atoms with van der Waals surface area (Å²) in [6.45, 7) is 6.23. The first-order valence-corrected chi connectivity index (χ1v) is 8.68. The van der Waals surface area contributed by atoms with Gasteiger partial charge in [-0.25, -0.2) is 9.97 Å². The van der Waals surface area contributed by atoms with Crippen molar-refractivity contribution in [3.05, 3.63) is 45.7 Å². The number of nitrogens with one attached hydrogen (secondary N) is 1. The van der Waals surface area contributed by atoms with E-state index in [2.05, 4.69) is 52.3 Å². The summed E-state index contributed by atoms with van der Waals surface area (Å²) in [4.78, 5) is 15.4. The Morgan fingerprint density at radius 2 is 2.23 bits per heavy atom. The highest BCUT2D eigenvalue weighted by atomic mass is 32.1. The van der Waals surface area contributed by atoms with E-state index >= 15 is 0 Å². The lowest BCUT2D eigenvalue weighted by Crippen LogP contribution is -2.23. The van der Waals surface area contributed by atoms with Gasteiger partial charge in [0, 0.05) is 11.9 Å². The van der Waals surface area contributed by atoms with Crippen molar-refractivity contribution in [2.24, 2.45) is 0 Å². The number of fused-ring (bicyclic) bond motifs is 1. The van der Waals surface area contributed by atoms with Crippen LogP contribution >= 0.6 is 11.3 Å². The van der Waals surface area contributed by atoms with Gasteiger partial charge < -0.3 is 4.98 Å². The van der Waals surface area contributed by atoms with Gasteiger partial charge in [-0.05, 0) is 50.9 Å². The molecule has 1 unspecified atom stereocenters. The molecule has 3 heterocycles. The summed E-state index contributed by atoms with van der Waals surface area (Å²) in [5.74, 6) is 1.10. The topological polar surface area (TPSA) is 44.8 Å². The second-order valence-corrected chi connectivity index (χ2v) is 7.19. The monoisotopic (exact) mass is 312 g/mol. The van der Waals surface area contributed by atoms with Crippen LogP contribution < -0.4 is 0 Å². The number of nitrogens with zero attached hydrogens (tertiary/aromatic N) is 3. The van der Waals surface area contributed by atoms with E-state index in [1.165, 1.54) is 24.1 Å². The molecule has 1 saturated heterocycles. The summed E-state index contributed by atoms with van der Waals surface area (Å²) in [5, 5.41) is 3.32. The molecule has 1 atom stereocenters. The molecule has 5 heteroatoms. The van der Waals surface area contributed by atoms with Crippen molar-refractivity contribution >= 4 is 22.4 Å². The normalized spacial score (nSPS) is 19.3. The quantitative estimate of drug-likeness (QED) is 0.796. The Morgan fingerprint density at radius 1 is 1.32 bits per heavy atom. The van der Waals surface area contributed by atoms with Crippen LogP contribution in [0.4, 0.5) is 0 Å². The molecule has 22 heavy (non-hydrogen) atoms. The summed E-state index contributed by atoms with van der Waals surface area (Å²) in [5.41, 5.74) is 4.66. The van der Waals surface area contributed by atoms with Crippen LogP contribution in [0, 0.1) is 13.8 Å². The smallest absolute Gasteiger partial charge is 0.124 e. The number of benzene rings is 1. The first-order valence-electron chi connectivity index (χ1n) is 7.80. The highest BCUT2D eigenvalue weighted by molar-refractivity contribution is 7.09. The molecule has 0 spiro atoms. The zero-order chi connectivity index (χ0) is 15.1. The molecule has 4 nitrogen and oxygen atoms in total. The van der Waals surface area contributed by atoms with Crippen LogP contribution in [0.2, 0.25) is 0 Å². The fraction of sp³-hybridized carbons (Fsp3) is 0.412. The molecular weight excluding hydrogens is 292 g/mol. The molecule has 1 N–H and O–H groups in total. The highest BCUT2D eigenvalue weighted by Gasteiger charge is 2.28. The predicted octanol–water partition coefficient (Wildman–Crippen LogP) is 3.97. The number of imidazole rings is 1. The largest absolute Gasteiger partial charge is 0.341 e. The molecule has 0 amide bonds. The van der Waals surface area contributed by atoms with Crippen LogP contribution in [0.5, 0.6) is 0 Å². The SMILES string of the molecule is Cc1ccc2nc(C3CCCN3Cc3csc(C)n3)[nH]c2c1. The van der Waals surface area contributed by atoms with Crippen molar-refractivity contribution in [2.45, 2.75) is 39.3 Å². The van der Waals surface area contributed by atoms with Gasteiger partial charge in [-0.15, -0.1) is 11.3 Å². The second-order valence-electron chi connectivity index (χ2n) is 6.13. The molecule has 2 aromatic heterocycles. The van der Waals surface area contributed by atoms with E-state index in [0.717, 1.165) is 35.0 Å². The lowest BCUT2D eigenvalue weighted by Gasteiger charge is -2.21. The fourth-order valence-corrected chi connectivity index (χ4v) is 3.92.